The molecule has 1 fully saturated rings. The summed E-state index contributed by atoms with van der Waals surface area (Å²) in [6, 6.07) is 4.54. The van der Waals surface area contributed by atoms with E-state index < -0.39 is 39.2 Å². The molecule has 3 aromatic rings. The van der Waals surface area contributed by atoms with Crippen molar-refractivity contribution < 1.29 is 37.2 Å². The van der Waals surface area contributed by atoms with Gasteiger partial charge in [0.05, 0.1) is 4.90 Å². The lowest BCUT2D eigenvalue weighted by Gasteiger charge is -2.49. The van der Waals surface area contributed by atoms with E-state index in [1.54, 1.807) is 0 Å². The Morgan fingerprint density at radius 1 is 1.31 bits per heavy atom. The molecule has 1 aromatic carbocycles. The van der Waals surface area contributed by atoms with E-state index in [-0.39, 0.29) is 49.7 Å². The van der Waals surface area contributed by atoms with Crippen molar-refractivity contribution in [1.82, 2.24) is 25.4 Å². The van der Waals surface area contributed by atoms with Gasteiger partial charge < -0.3 is 25.4 Å². The summed E-state index contributed by atoms with van der Waals surface area (Å²) in [4.78, 5) is 48.0. The summed E-state index contributed by atoms with van der Waals surface area (Å²) in [6.45, 7) is 0. The molecular formula is C22H20N8O8S4. The van der Waals surface area contributed by atoms with Crippen molar-refractivity contribution in [2.75, 3.05) is 24.3 Å². The number of thioether (sulfide) groups is 2. The maximum absolute atomic E-state index is 13.0. The van der Waals surface area contributed by atoms with Crippen LogP contribution in [-0.2, 0) is 29.2 Å². The Kier molecular flexibility index (Phi) is 8.23. The number of carboxylic acid groups (broad SMARTS) is 1. The van der Waals surface area contributed by atoms with Crippen LogP contribution in [0.5, 0.6) is 0 Å². The Labute approximate surface area is 249 Å². The number of carbonyl (C=O) groups excluding carboxylic acids is 2. The fourth-order valence-corrected chi connectivity index (χ4v) is 7.33. The largest absolute Gasteiger partial charge is 0.477 e. The lowest BCUT2D eigenvalue weighted by Crippen LogP contribution is -2.71. The third-order valence-corrected chi connectivity index (χ3v) is 9.75. The van der Waals surface area contributed by atoms with Crippen LogP contribution in [0.25, 0.3) is 11.5 Å². The van der Waals surface area contributed by atoms with Gasteiger partial charge in [0.2, 0.25) is 15.9 Å². The van der Waals surface area contributed by atoms with E-state index in [0.717, 1.165) is 28.0 Å². The number of aromatic nitrogens is 3. The molecule has 1 saturated heterocycles. The highest BCUT2D eigenvalue weighted by atomic mass is 32.2. The van der Waals surface area contributed by atoms with E-state index in [9.17, 15) is 27.9 Å². The van der Waals surface area contributed by atoms with E-state index in [1.807, 2.05) is 0 Å². The summed E-state index contributed by atoms with van der Waals surface area (Å²) in [6.07, 6.45) is 0. The van der Waals surface area contributed by atoms with Crippen molar-refractivity contribution >= 4 is 73.5 Å². The van der Waals surface area contributed by atoms with Gasteiger partial charge in [-0.25, -0.2) is 23.3 Å². The van der Waals surface area contributed by atoms with Gasteiger partial charge in [-0.05, 0) is 29.8 Å². The fourth-order valence-electron chi connectivity index (χ4n) is 4.02. The molecule has 0 radical (unpaired) electrons. The number of primary sulfonamides is 1. The molecule has 220 valence electrons. The summed E-state index contributed by atoms with van der Waals surface area (Å²) in [5, 5.41) is 30.4. The van der Waals surface area contributed by atoms with Crippen molar-refractivity contribution in [1.29, 1.82) is 0 Å². The minimum Gasteiger partial charge on any atom is -0.477 e. The van der Waals surface area contributed by atoms with E-state index in [4.69, 9.17) is 20.1 Å². The zero-order chi connectivity index (χ0) is 30.2. The Morgan fingerprint density at radius 2 is 2.05 bits per heavy atom. The molecular weight excluding hydrogens is 633 g/mol. The SMILES string of the molecule is CON=C(C(=O)NC1C(=O)N2C(C(=O)O)=C(CSc3nnc(-c4ccc(S(N)(=O)=O)cc4)o3)CS[C@@H]12)c1csc(N)n1. The van der Waals surface area contributed by atoms with E-state index in [2.05, 4.69) is 25.7 Å². The normalized spacial score (nSPS) is 18.9. The third-order valence-electron chi connectivity index (χ3n) is 5.90. The fraction of sp³-hybridized carbons (Fsp3) is 0.227. The summed E-state index contributed by atoms with van der Waals surface area (Å²) in [7, 11) is -2.60. The van der Waals surface area contributed by atoms with Crippen LogP contribution in [0.15, 0.2) is 60.6 Å². The lowest BCUT2D eigenvalue weighted by molar-refractivity contribution is -0.150. The average molecular weight is 653 g/mol. The van der Waals surface area contributed by atoms with Gasteiger partial charge in [0.1, 0.15) is 29.9 Å². The first-order valence-electron chi connectivity index (χ1n) is 11.6. The number of fused-ring (bicyclic) bond motifs is 1. The highest BCUT2D eigenvalue weighted by molar-refractivity contribution is 8.01. The molecule has 2 aliphatic heterocycles. The molecule has 0 spiro atoms. The van der Waals surface area contributed by atoms with Gasteiger partial charge >= 0.3 is 5.97 Å². The van der Waals surface area contributed by atoms with Gasteiger partial charge in [-0.15, -0.1) is 33.3 Å². The number of hydrogen-bond donors (Lipinski definition) is 4. The Balaban J connectivity index is 1.27. The predicted octanol–water partition coefficient (Wildman–Crippen LogP) is 0.304. The number of nitrogen functional groups attached to an aromatic ring is 1. The number of anilines is 1. The van der Waals surface area contributed by atoms with Gasteiger partial charge in [0.15, 0.2) is 10.8 Å². The maximum Gasteiger partial charge on any atom is 0.352 e. The quantitative estimate of drug-likeness (QED) is 0.0996. The lowest BCUT2D eigenvalue weighted by atomic mass is 10.0. The van der Waals surface area contributed by atoms with Crippen LogP contribution in [0.3, 0.4) is 0 Å². The molecule has 2 aliphatic rings. The molecule has 0 aliphatic carbocycles. The smallest absolute Gasteiger partial charge is 0.352 e. The van der Waals surface area contributed by atoms with E-state index in [0.29, 0.717) is 11.1 Å². The Bertz CT molecular complexity index is 1730. The number of thiazole rings is 1. The summed E-state index contributed by atoms with van der Waals surface area (Å²) in [5.41, 5.74) is 6.36. The number of sulfonamides is 1. The van der Waals surface area contributed by atoms with Crippen LogP contribution in [-0.4, -0.2) is 87.1 Å². The molecule has 2 atom stereocenters. The summed E-state index contributed by atoms with van der Waals surface area (Å²) < 4.78 is 28.5. The molecule has 20 heteroatoms. The molecule has 2 amide bonds. The molecule has 1 unspecified atom stereocenters. The Hall–Kier alpha value is -3.98. The van der Waals surface area contributed by atoms with Crippen molar-refractivity contribution in [2.45, 2.75) is 21.5 Å². The van der Waals surface area contributed by atoms with Crippen LogP contribution < -0.4 is 16.2 Å². The molecule has 0 saturated carbocycles. The number of rotatable bonds is 10. The van der Waals surface area contributed by atoms with Gasteiger partial charge in [-0.2, -0.15) is 0 Å². The highest BCUT2D eigenvalue weighted by Crippen LogP contribution is 2.41. The number of nitrogens with one attached hydrogen (secondary N) is 1. The van der Waals surface area contributed by atoms with Crippen molar-refractivity contribution in [3.63, 3.8) is 0 Å². The molecule has 2 aromatic heterocycles. The zero-order valence-corrected chi connectivity index (χ0v) is 24.6. The number of hydrogen-bond acceptors (Lipinski definition) is 15. The molecule has 42 heavy (non-hydrogen) atoms. The van der Waals surface area contributed by atoms with Gasteiger partial charge in [0.25, 0.3) is 17.0 Å². The average Bonchev–Trinajstić information content (AvgIpc) is 3.61. The number of β-lactam (4-membered cyclic amide) rings is 1. The first-order chi connectivity index (χ1) is 20.0. The van der Waals surface area contributed by atoms with Crippen LogP contribution in [0, 0.1) is 0 Å². The monoisotopic (exact) mass is 652 g/mol. The molecule has 16 nitrogen and oxygen atoms in total. The number of nitrogens with two attached hydrogens (primary N) is 2. The highest BCUT2D eigenvalue weighted by Gasteiger charge is 2.54. The van der Waals surface area contributed by atoms with E-state index >= 15 is 0 Å². The Morgan fingerprint density at radius 3 is 2.67 bits per heavy atom. The summed E-state index contributed by atoms with van der Waals surface area (Å²) >= 11 is 3.46. The number of benzene rings is 1. The number of nitrogens with zero attached hydrogens (tertiary/aromatic N) is 5. The number of amides is 2. The number of oxime groups is 1. The van der Waals surface area contributed by atoms with Crippen LogP contribution in [0.1, 0.15) is 5.69 Å². The van der Waals surface area contributed by atoms with Crippen molar-refractivity contribution in [3.05, 3.63) is 46.6 Å². The molecule has 4 heterocycles. The molecule has 0 bridgehead atoms. The van der Waals surface area contributed by atoms with Crippen molar-refractivity contribution in [2.24, 2.45) is 10.3 Å². The van der Waals surface area contributed by atoms with Crippen molar-refractivity contribution in [3.8, 4) is 11.5 Å². The number of aliphatic carboxylic acids is 1. The first kappa shape index (κ1) is 29.5. The minimum absolute atomic E-state index is 0.0721. The summed E-state index contributed by atoms with van der Waals surface area (Å²) in [5.74, 6) is -2.11. The number of carboxylic acids is 1. The van der Waals surface area contributed by atoms with Crippen LogP contribution in [0.2, 0.25) is 0 Å². The van der Waals surface area contributed by atoms with Gasteiger partial charge in [-0.1, -0.05) is 16.9 Å². The van der Waals surface area contributed by atoms with Crippen LogP contribution in [0.4, 0.5) is 5.13 Å². The van der Waals surface area contributed by atoms with Crippen LogP contribution >= 0.6 is 34.9 Å². The standard InChI is InChI=1S/C22H20N8O8S4/c1-37-29-13(12-8-40-21(23)25-12)16(31)26-14-18(32)30-15(20(33)34)10(6-39-19(14)30)7-41-22-28-27-17(38-22)9-2-4-11(5-3-9)42(24,35)36/h2-5,8,14,19H,6-7H2,1H3,(H2,23,25)(H,26,31)(H,33,34)(H2,24,35,36)/t14?,19-/m0/s1. The third kappa shape index (κ3) is 5.83. The van der Waals surface area contributed by atoms with Gasteiger partial charge in [0, 0.05) is 22.4 Å². The molecule has 5 rings (SSSR count). The second kappa shape index (κ2) is 11.7. The second-order valence-corrected chi connectivity index (χ2v) is 13.0. The number of carbonyl (C=O) groups is 3. The first-order valence-corrected chi connectivity index (χ1v) is 16.1. The van der Waals surface area contributed by atoms with E-state index in [1.165, 1.54) is 48.5 Å². The maximum atomic E-state index is 13.0. The minimum atomic E-state index is -3.86. The van der Waals surface area contributed by atoms with Gasteiger partial charge in [-0.3, -0.25) is 14.5 Å². The predicted molar refractivity (Wildman–Crippen MR) is 152 cm³/mol. The topological polar surface area (TPSA) is 246 Å². The second-order valence-electron chi connectivity index (χ2n) is 8.54. The molecule has 6 N–H and O–H groups in total. The zero-order valence-electron chi connectivity index (χ0n) is 21.3.